The molecule has 1 unspecified atom stereocenters. The molecule has 2 fully saturated rings. The van der Waals surface area contributed by atoms with E-state index in [2.05, 4.69) is 17.6 Å². The van der Waals surface area contributed by atoms with Gasteiger partial charge in [-0.05, 0) is 45.6 Å². The molecule has 1 aliphatic heterocycles. The molecule has 18 heavy (non-hydrogen) atoms. The molecular weight excluding hydrogens is 248 g/mol. The van der Waals surface area contributed by atoms with E-state index in [4.69, 9.17) is 0 Å². The maximum absolute atomic E-state index is 11.9. The van der Waals surface area contributed by atoms with Crippen molar-refractivity contribution in [2.45, 2.75) is 76.3 Å². The Labute approximate surface area is 117 Å². The highest BCUT2D eigenvalue weighted by molar-refractivity contribution is 5.85. The topological polar surface area (TPSA) is 41.1 Å². The minimum absolute atomic E-state index is 0. The van der Waals surface area contributed by atoms with Gasteiger partial charge in [0.15, 0.2) is 0 Å². The van der Waals surface area contributed by atoms with E-state index in [9.17, 15) is 4.79 Å². The molecule has 1 heterocycles. The third-order valence-electron chi connectivity index (χ3n) is 4.28. The molecule has 1 atom stereocenters. The van der Waals surface area contributed by atoms with Crippen molar-refractivity contribution in [2.24, 2.45) is 0 Å². The van der Waals surface area contributed by atoms with Crippen molar-refractivity contribution in [3.63, 3.8) is 0 Å². The third kappa shape index (κ3) is 4.77. The number of nitrogens with one attached hydrogen (secondary N) is 2. The van der Waals surface area contributed by atoms with Gasteiger partial charge in [0.1, 0.15) is 0 Å². The first-order chi connectivity index (χ1) is 8.18. The fourth-order valence-corrected chi connectivity index (χ4v) is 3.16. The van der Waals surface area contributed by atoms with Crippen LogP contribution in [0.5, 0.6) is 0 Å². The van der Waals surface area contributed by atoms with E-state index >= 15 is 0 Å². The zero-order valence-electron chi connectivity index (χ0n) is 11.5. The molecule has 0 bridgehead atoms. The van der Waals surface area contributed by atoms with Crippen LogP contribution in [0.2, 0.25) is 0 Å². The van der Waals surface area contributed by atoms with Gasteiger partial charge >= 0.3 is 0 Å². The van der Waals surface area contributed by atoms with Gasteiger partial charge in [0.05, 0.1) is 0 Å². The van der Waals surface area contributed by atoms with Crippen molar-refractivity contribution < 1.29 is 4.79 Å². The largest absolute Gasteiger partial charge is 0.351 e. The maximum Gasteiger partial charge on any atom is 0.220 e. The first-order valence-electron chi connectivity index (χ1n) is 7.22. The Balaban J connectivity index is 0.00000162. The lowest BCUT2D eigenvalue weighted by Gasteiger charge is -2.34. The molecule has 0 aromatic carbocycles. The Hall–Kier alpha value is -0.280. The van der Waals surface area contributed by atoms with Crippen LogP contribution in [0.4, 0.5) is 0 Å². The predicted molar refractivity (Wildman–Crippen MR) is 77.1 cm³/mol. The van der Waals surface area contributed by atoms with E-state index < -0.39 is 0 Å². The van der Waals surface area contributed by atoms with Crippen molar-refractivity contribution in [1.82, 2.24) is 10.6 Å². The average Bonchev–Trinajstić information content (AvgIpc) is 2.79. The van der Waals surface area contributed by atoms with E-state index in [1.165, 1.54) is 32.1 Å². The van der Waals surface area contributed by atoms with Crippen LogP contribution in [0.25, 0.3) is 0 Å². The lowest BCUT2D eigenvalue weighted by Crippen LogP contribution is -2.47. The smallest absolute Gasteiger partial charge is 0.220 e. The van der Waals surface area contributed by atoms with E-state index in [-0.39, 0.29) is 23.9 Å². The molecule has 0 radical (unpaired) electrons. The van der Waals surface area contributed by atoms with E-state index in [0.717, 1.165) is 25.8 Å². The quantitative estimate of drug-likeness (QED) is 0.828. The summed E-state index contributed by atoms with van der Waals surface area (Å²) in [6.07, 6.45) is 10.4. The molecule has 106 valence electrons. The van der Waals surface area contributed by atoms with E-state index in [1.807, 2.05) is 0 Å². The van der Waals surface area contributed by atoms with Crippen molar-refractivity contribution in [3.8, 4) is 0 Å². The van der Waals surface area contributed by atoms with Crippen LogP contribution in [0.3, 0.4) is 0 Å². The van der Waals surface area contributed by atoms with Gasteiger partial charge in [-0.2, -0.15) is 0 Å². The Kier molecular flexibility index (Phi) is 6.44. The molecule has 0 aromatic heterocycles. The first kappa shape index (κ1) is 15.8. The maximum atomic E-state index is 11.9. The van der Waals surface area contributed by atoms with Gasteiger partial charge in [-0.15, -0.1) is 12.4 Å². The Bertz CT molecular complexity index is 259. The molecule has 2 N–H and O–H groups in total. The number of amides is 1. The highest BCUT2D eigenvalue weighted by atomic mass is 35.5. The van der Waals surface area contributed by atoms with Gasteiger partial charge in [-0.25, -0.2) is 0 Å². The van der Waals surface area contributed by atoms with Crippen LogP contribution in [0, 0.1) is 0 Å². The Morgan fingerprint density at radius 1 is 1.28 bits per heavy atom. The summed E-state index contributed by atoms with van der Waals surface area (Å²) in [6.45, 7) is 3.34. The van der Waals surface area contributed by atoms with Crippen molar-refractivity contribution in [1.29, 1.82) is 0 Å². The number of hydrogen-bond donors (Lipinski definition) is 2. The van der Waals surface area contributed by atoms with Crippen LogP contribution in [-0.2, 0) is 4.79 Å². The van der Waals surface area contributed by atoms with Crippen LogP contribution >= 0.6 is 12.4 Å². The summed E-state index contributed by atoms with van der Waals surface area (Å²) in [5, 5.41) is 6.70. The Morgan fingerprint density at radius 3 is 2.61 bits per heavy atom. The second kappa shape index (κ2) is 7.34. The molecule has 1 saturated heterocycles. The molecule has 3 nitrogen and oxygen atoms in total. The first-order valence-corrected chi connectivity index (χ1v) is 7.22. The summed E-state index contributed by atoms with van der Waals surface area (Å²) >= 11 is 0. The molecule has 0 spiro atoms. The third-order valence-corrected chi connectivity index (χ3v) is 4.28. The van der Waals surface area contributed by atoms with Gasteiger partial charge in [0, 0.05) is 18.0 Å². The number of hydrogen-bond acceptors (Lipinski definition) is 2. The van der Waals surface area contributed by atoms with Gasteiger partial charge < -0.3 is 10.6 Å². The molecular formula is C14H27ClN2O. The van der Waals surface area contributed by atoms with Crippen LogP contribution in [-0.4, -0.2) is 24.0 Å². The molecule has 2 aliphatic rings. The standard InChI is InChI=1S/C14H26N2O.ClH/c1-14(9-3-2-4-10-14)16-13(17)8-7-12-6-5-11-15-12;/h12,15H,2-11H2,1H3,(H,16,17);1H. The lowest BCUT2D eigenvalue weighted by molar-refractivity contribution is -0.123. The fourth-order valence-electron chi connectivity index (χ4n) is 3.16. The van der Waals surface area contributed by atoms with Gasteiger partial charge in [-0.1, -0.05) is 19.3 Å². The second-order valence-electron chi connectivity index (χ2n) is 6.00. The van der Waals surface area contributed by atoms with E-state index in [1.54, 1.807) is 0 Å². The minimum atomic E-state index is 0. The monoisotopic (exact) mass is 274 g/mol. The average molecular weight is 275 g/mol. The van der Waals surface area contributed by atoms with Gasteiger partial charge in [-0.3, -0.25) is 4.79 Å². The highest BCUT2D eigenvalue weighted by Crippen LogP contribution is 2.27. The number of halogens is 1. The van der Waals surface area contributed by atoms with Crippen LogP contribution < -0.4 is 10.6 Å². The number of rotatable bonds is 4. The molecule has 4 heteroatoms. The van der Waals surface area contributed by atoms with Crippen molar-refractivity contribution in [2.75, 3.05) is 6.54 Å². The normalized spacial score (nSPS) is 26.4. The molecule has 2 rings (SSSR count). The van der Waals surface area contributed by atoms with E-state index in [0.29, 0.717) is 12.5 Å². The SMILES string of the molecule is CC1(NC(=O)CCC2CCCN2)CCCCC1.Cl. The fraction of sp³-hybridized carbons (Fsp3) is 0.929. The number of carbonyl (C=O) groups is 1. The lowest BCUT2D eigenvalue weighted by atomic mass is 9.83. The molecule has 1 amide bonds. The second-order valence-corrected chi connectivity index (χ2v) is 6.00. The highest BCUT2D eigenvalue weighted by Gasteiger charge is 2.28. The van der Waals surface area contributed by atoms with Crippen molar-refractivity contribution in [3.05, 3.63) is 0 Å². The zero-order valence-corrected chi connectivity index (χ0v) is 12.3. The summed E-state index contributed by atoms with van der Waals surface area (Å²) in [5.74, 6) is 0.253. The zero-order chi connectivity index (χ0) is 12.1. The Morgan fingerprint density at radius 2 is 2.00 bits per heavy atom. The summed E-state index contributed by atoms with van der Waals surface area (Å²) in [4.78, 5) is 11.9. The number of carbonyl (C=O) groups excluding carboxylic acids is 1. The molecule has 1 saturated carbocycles. The van der Waals surface area contributed by atoms with Crippen LogP contribution in [0.1, 0.15) is 64.7 Å². The summed E-state index contributed by atoms with van der Waals surface area (Å²) in [7, 11) is 0. The summed E-state index contributed by atoms with van der Waals surface area (Å²) < 4.78 is 0. The summed E-state index contributed by atoms with van der Waals surface area (Å²) in [6, 6.07) is 0.583. The molecule has 1 aliphatic carbocycles. The summed E-state index contributed by atoms with van der Waals surface area (Å²) in [5.41, 5.74) is 0.0818. The minimum Gasteiger partial charge on any atom is -0.351 e. The van der Waals surface area contributed by atoms with Crippen molar-refractivity contribution >= 4 is 18.3 Å². The molecule has 0 aromatic rings. The van der Waals surface area contributed by atoms with Gasteiger partial charge in [0.2, 0.25) is 5.91 Å². The predicted octanol–water partition coefficient (Wildman–Crippen LogP) is 2.78. The van der Waals surface area contributed by atoms with Gasteiger partial charge in [0.25, 0.3) is 0 Å². The van der Waals surface area contributed by atoms with Crippen LogP contribution in [0.15, 0.2) is 0 Å².